The highest BCUT2D eigenvalue weighted by Gasteiger charge is 2.62. The number of fused-ring (bicyclic) bond motifs is 5. The summed E-state index contributed by atoms with van der Waals surface area (Å²) in [5.41, 5.74) is 2.45. The summed E-state index contributed by atoms with van der Waals surface area (Å²) in [6.45, 7) is 9.71. The van der Waals surface area contributed by atoms with E-state index in [1.807, 2.05) is 24.3 Å². The van der Waals surface area contributed by atoms with E-state index in [1.165, 1.54) is 5.57 Å². The predicted octanol–water partition coefficient (Wildman–Crippen LogP) is 6.08. The van der Waals surface area contributed by atoms with Gasteiger partial charge in [-0.05, 0) is 92.2 Å². The summed E-state index contributed by atoms with van der Waals surface area (Å²) in [6, 6.07) is 7.82. The van der Waals surface area contributed by atoms with Gasteiger partial charge in [-0.3, -0.25) is 4.79 Å². The van der Waals surface area contributed by atoms with Crippen molar-refractivity contribution in [2.24, 2.45) is 34.5 Å². The molecule has 8 atom stereocenters. The Labute approximate surface area is 216 Å². The highest BCUT2D eigenvalue weighted by atomic mass is 16.6. The fourth-order valence-electron chi connectivity index (χ4n) is 8.66. The zero-order valence-corrected chi connectivity index (χ0v) is 22.7. The van der Waals surface area contributed by atoms with Crippen molar-refractivity contribution in [2.75, 3.05) is 13.7 Å². The molecule has 5 nitrogen and oxygen atoms in total. The molecule has 1 N–H and O–H groups in total. The van der Waals surface area contributed by atoms with Gasteiger partial charge in [-0.2, -0.15) is 0 Å². The van der Waals surface area contributed by atoms with E-state index < -0.39 is 5.79 Å². The van der Waals surface area contributed by atoms with E-state index in [1.54, 1.807) is 14.0 Å². The lowest BCUT2D eigenvalue weighted by atomic mass is 9.46. The van der Waals surface area contributed by atoms with Crippen LogP contribution in [-0.4, -0.2) is 36.5 Å². The predicted molar refractivity (Wildman–Crippen MR) is 139 cm³/mol. The number of hydrogen-bond acceptors (Lipinski definition) is 5. The first kappa shape index (κ1) is 25.9. The average Bonchev–Trinajstić information content (AvgIpc) is 3.22. The van der Waals surface area contributed by atoms with Gasteiger partial charge in [0.2, 0.25) is 0 Å². The number of ketones is 1. The molecule has 3 saturated carbocycles. The van der Waals surface area contributed by atoms with Crippen molar-refractivity contribution in [3.05, 3.63) is 41.5 Å². The average molecular weight is 497 g/mol. The first-order valence-corrected chi connectivity index (χ1v) is 14.0. The second kappa shape index (κ2) is 9.56. The highest BCUT2D eigenvalue weighted by molar-refractivity contribution is 5.79. The van der Waals surface area contributed by atoms with E-state index in [9.17, 15) is 9.90 Å². The van der Waals surface area contributed by atoms with E-state index in [4.69, 9.17) is 14.2 Å². The van der Waals surface area contributed by atoms with Crippen LogP contribution in [0.25, 0.3) is 0 Å². The number of carbonyl (C=O) groups excluding carboxylic acids is 1. The fourth-order valence-corrected chi connectivity index (χ4v) is 8.66. The van der Waals surface area contributed by atoms with Crippen molar-refractivity contribution in [3.63, 3.8) is 0 Å². The van der Waals surface area contributed by atoms with Crippen LogP contribution in [0.2, 0.25) is 0 Å². The van der Waals surface area contributed by atoms with E-state index in [-0.39, 0.29) is 22.9 Å². The van der Waals surface area contributed by atoms with Crippen molar-refractivity contribution < 1.29 is 24.1 Å². The third-order valence-electron chi connectivity index (χ3n) is 10.6. The second-order valence-electron chi connectivity index (χ2n) is 12.4. The summed E-state index contributed by atoms with van der Waals surface area (Å²) in [7, 11) is 1.66. The van der Waals surface area contributed by atoms with Crippen LogP contribution >= 0.6 is 0 Å². The topological polar surface area (TPSA) is 65.0 Å². The van der Waals surface area contributed by atoms with Gasteiger partial charge >= 0.3 is 0 Å². The molecule has 0 saturated heterocycles. The highest BCUT2D eigenvalue weighted by Crippen LogP contribution is 2.67. The minimum Gasteiger partial charge on any atom is -0.497 e. The molecule has 4 aliphatic rings. The number of benzene rings is 1. The molecule has 0 aromatic heterocycles. The molecule has 198 valence electrons. The van der Waals surface area contributed by atoms with Gasteiger partial charge in [0.15, 0.2) is 5.79 Å². The van der Waals surface area contributed by atoms with Crippen molar-refractivity contribution in [1.29, 1.82) is 0 Å². The Kier molecular flexibility index (Phi) is 6.89. The maximum atomic E-state index is 12.5. The van der Waals surface area contributed by atoms with Gasteiger partial charge in [0.25, 0.3) is 0 Å². The molecule has 0 heterocycles. The molecular formula is C31H44O5. The fraction of sp³-hybridized carbons (Fsp3) is 0.710. The molecule has 0 spiro atoms. The molecule has 0 amide bonds. The first-order valence-electron chi connectivity index (χ1n) is 14.0. The Morgan fingerprint density at radius 1 is 1.06 bits per heavy atom. The SMILES string of the molecule is CCOC1C=C2C[C@@](O)(OCc3ccc(OC)cc3)CC[C@]2(C)C2CC[C@@]3(C)C(CC[C@@H]3C(C)=O)C12. The molecular weight excluding hydrogens is 452 g/mol. The molecule has 3 fully saturated rings. The summed E-state index contributed by atoms with van der Waals surface area (Å²) >= 11 is 0. The van der Waals surface area contributed by atoms with Crippen molar-refractivity contribution in [3.8, 4) is 5.75 Å². The second-order valence-corrected chi connectivity index (χ2v) is 12.4. The van der Waals surface area contributed by atoms with Crippen LogP contribution in [-0.2, 0) is 20.9 Å². The standard InChI is InChI=1S/C31H44O5/c1-6-35-27-17-22-18-31(33,36-19-21-7-9-23(34-5)10-8-21)16-15-29(22,3)26-13-14-30(4)24(20(2)32)11-12-25(30)28(26)27/h7-10,17,24-28,33H,6,11-16,18-19H2,1-5H3/t24-,25?,26?,27?,28?,29+,30-,31+/m1/s1. The molecule has 1 aromatic rings. The van der Waals surface area contributed by atoms with Crippen molar-refractivity contribution >= 4 is 5.78 Å². The normalized spacial score (nSPS) is 41.6. The maximum Gasteiger partial charge on any atom is 0.169 e. The Bertz CT molecular complexity index is 1000. The Hall–Kier alpha value is -1.69. The van der Waals surface area contributed by atoms with E-state index in [0.717, 1.165) is 43.4 Å². The number of carbonyl (C=O) groups is 1. The van der Waals surface area contributed by atoms with Crippen LogP contribution < -0.4 is 4.74 Å². The van der Waals surface area contributed by atoms with Crippen LogP contribution in [0.15, 0.2) is 35.9 Å². The van der Waals surface area contributed by atoms with Gasteiger partial charge in [0, 0.05) is 25.4 Å². The van der Waals surface area contributed by atoms with E-state index in [2.05, 4.69) is 26.8 Å². The number of ether oxygens (including phenoxy) is 3. The van der Waals surface area contributed by atoms with Gasteiger partial charge in [-0.1, -0.05) is 37.6 Å². The summed E-state index contributed by atoms with van der Waals surface area (Å²) in [4.78, 5) is 12.5. The smallest absolute Gasteiger partial charge is 0.169 e. The lowest BCUT2D eigenvalue weighted by molar-refractivity contribution is -0.233. The first-order chi connectivity index (χ1) is 17.1. The van der Waals surface area contributed by atoms with E-state index in [0.29, 0.717) is 49.6 Å². The molecule has 4 aliphatic carbocycles. The van der Waals surface area contributed by atoms with Gasteiger partial charge < -0.3 is 19.3 Å². The third-order valence-corrected chi connectivity index (χ3v) is 10.6. The molecule has 36 heavy (non-hydrogen) atoms. The number of Topliss-reactive ketones (excluding diaryl/α,β-unsaturated/α-hetero) is 1. The Balaban J connectivity index is 1.39. The van der Waals surface area contributed by atoms with Crippen molar-refractivity contribution in [1.82, 2.24) is 0 Å². The maximum absolute atomic E-state index is 12.5. The molecule has 1 aromatic carbocycles. The summed E-state index contributed by atoms with van der Waals surface area (Å²) < 4.78 is 17.8. The molecule has 5 rings (SSSR count). The molecule has 0 aliphatic heterocycles. The van der Waals surface area contributed by atoms with Gasteiger partial charge in [-0.15, -0.1) is 0 Å². The largest absolute Gasteiger partial charge is 0.497 e. The monoisotopic (exact) mass is 496 g/mol. The Morgan fingerprint density at radius 3 is 2.47 bits per heavy atom. The zero-order chi connectivity index (χ0) is 25.7. The number of aliphatic hydroxyl groups is 1. The third kappa shape index (κ3) is 4.25. The van der Waals surface area contributed by atoms with Gasteiger partial charge in [0.05, 0.1) is 19.8 Å². The van der Waals surface area contributed by atoms with Gasteiger partial charge in [-0.25, -0.2) is 0 Å². The molecule has 0 radical (unpaired) electrons. The van der Waals surface area contributed by atoms with Crippen LogP contribution in [0, 0.1) is 34.5 Å². The Morgan fingerprint density at radius 2 is 1.81 bits per heavy atom. The number of rotatable bonds is 7. The lowest BCUT2D eigenvalue weighted by Gasteiger charge is -2.60. The van der Waals surface area contributed by atoms with Crippen molar-refractivity contribution in [2.45, 2.75) is 91.1 Å². The van der Waals surface area contributed by atoms with E-state index >= 15 is 0 Å². The molecule has 4 unspecified atom stereocenters. The van der Waals surface area contributed by atoms with Crippen LogP contribution in [0.1, 0.15) is 78.2 Å². The quantitative estimate of drug-likeness (QED) is 0.366. The van der Waals surface area contributed by atoms with Crippen LogP contribution in [0.4, 0.5) is 0 Å². The summed E-state index contributed by atoms with van der Waals surface area (Å²) in [5, 5.41) is 11.5. The van der Waals surface area contributed by atoms with Crippen LogP contribution in [0.3, 0.4) is 0 Å². The number of methoxy groups -OCH3 is 1. The van der Waals surface area contributed by atoms with Gasteiger partial charge in [0.1, 0.15) is 11.5 Å². The minimum atomic E-state index is -1.16. The lowest BCUT2D eigenvalue weighted by Crippen LogP contribution is -2.56. The number of hydrogen-bond donors (Lipinski definition) is 1. The van der Waals surface area contributed by atoms with Crippen LogP contribution in [0.5, 0.6) is 5.75 Å². The summed E-state index contributed by atoms with van der Waals surface area (Å²) in [6.07, 6.45) is 8.86. The summed E-state index contributed by atoms with van der Waals surface area (Å²) in [5.74, 6) is 1.68. The minimum absolute atomic E-state index is 0.0438. The zero-order valence-electron chi connectivity index (χ0n) is 22.7. The molecule has 5 heteroatoms. The molecule has 0 bridgehead atoms.